The van der Waals surface area contributed by atoms with Crippen LogP contribution in [0.2, 0.25) is 0 Å². The molecule has 1 unspecified atom stereocenters. The predicted octanol–water partition coefficient (Wildman–Crippen LogP) is 3.97. The van der Waals surface area contributed by atoms with E-state index in [0.717, 1.165) is 49.6 Å². The van der Waals surface area contributed by atoms with Crippen LogP contribution in [-0.4, -0.2) is 40.6 Å². The van der Waals surface area contributed by atoms with Crippen molar-refractivity contribution in [2.24, 2.45) is 0 Å². The summed E-state index contributed by atoms with van der Waals surface area (Å²) in [5.74, 6) is 1.07. The van der Waals surface area contributed by atoms with E-state index < -0.39 is 0 Å². The van der Waals surface area contributed by atoms with Crippen LogP contribution in [0.3, 0.4) is 0 Å². The molecule has 3 heterocycles. The van der Waals surface area contributed by atoms with Crippen LogP contribution in [0.4, 0.5) is 0 Å². The summed E-state index contributed by atoms with van der Waals surface area (Å²) in [5, 5.41) is 4.39. The van der Waals surface area contributed by atoms with Gasteiger partial charge in [0.2, 0.25) is 0 Å². The Labute approximate surface area is 160 Å². The lowest BCUT2D eigenvalue weighted by atomic mass is 10.00. The number of hydrogen-bond acceptors (Lipinski definition) is 4. The fourth-order valence-corrected chi connectivity index (χ4v) is 4.46. The van der Waals surface area contributed by atoms with Crippen LogP contribution in [0.1, 0.15) is 23.3 Å². The summed E-state index contributed by atoms with van der Waals surface area (Å²) in [6, 6.07) is 21.8. The highest BCUT2D eigenvalue weighted by Gasteiger charge is 2.32. The molecule has 2 aliphatic heterocycles. The van der Waals surface area contributed by atoms with E-state index in [1.807, 2.05) is 6.07 Å². The molecule has 0 spiro atoms. The quantitative estimate of drug-likeness (QED) is 0.705. The molecular weight excluding hydrogens is 334 g/mol. The van der Waals surface area contributed by atoms with Crippen molar-refractivity contribution < 1.29 is 4.52 Å². The Hall–Kier alpha value is -2.43. The Bertz CT molecular complexity index is 891. The minimum Gasteiger partial charge on any atom is -0.360 e. The van der Waals surface area contributed by atoms with Crippen molar-refractivity contribution >= 4 is 0 Å². The monoisotopic (exact) mass is 359 g/mol. The molecule has 5 rings (SSSR count). The van der Waals surface area contributed by atoms with E-state index in [-0.39, 0.29) is 0 Å². The highest BCUT2D eigenvalue weighted by Crippen LogP contribution is 2.32. The van der Waals surface area contributed by atoms with Gasteiger partial charge in [-0.1, -0.05) is 65.8 Å². The van der Waals surface area contributed by atoms with Crippen LogP contribution >= 0.6 is 0 Å². The standard InChI is InChI=1S/C23H25N3O/c1-3-7-18(8-4-1)15-25-13-11-20(16-25)26-14-12-22-21(17-26)23(24-27-22)19-9-5-2-6-10-19/h1-10,20H,11-17H2. The van der Waals surface area contributed by atoms with Gasteiger partial charge in [0.25, 0.3) is 0 Å². The predicted molar refractivity (Wildman–Crippen MR) is 106 cm³/mol. The van der Waals surface area contributed by atoms with Gasteiger partial charge in [0.1, 0.15) is 11.5 Å². The number of hydrogen-bond donors (Lipinski definition) is 0. The maximum atomic E-state index is 5.67. The minimum absolute atomic E-state index is 0.625. The average molecular weight is 359 g/mol. The van der Waals surface area contributed by atoms with Crippen molar-refractivity contribution in [3.63, 3.8) is 0 Å². The lowest BCUT2D eigenvalue weighted by Gasteiger charge is -2.31. The zero-order valence-electron chi connectivity index (χ0n) is 15.6. The molecule has 0 bridgehead atoms. The molecule has 0 N–H and O–H groups in total. The van der Waals surface area contributed by atoms with Gasteiger partial charge < -0.3 is 4.52 Å². The fourth-order valence-electron chi connectivity index (χ4n) is 4.46. The molecule has 2 aromatic carbocycles. The summed E-state index contributed by atoms with van der Waals surface area (Å²) >= 11 is 0. The van der Waals surface area contributed by atoms with Crippen LogP contribution in [0.25, 0.3) is 11.3 Å². The first-order chi connectivity index (χ1) is 13.4. The van der Waals surface area contributed by atoms with Crippen LogP contribution in [0.15, 0.2) is 65.2 Å². The molecule has 1 fully saturated rings. The smallest absolute Gasteiger partial charge is 0.143 e. The van der Waals surface area contributed by atoms with E-state index in [4.69, 9.17) is 4.52 Å². The molecule has 27 heavy (non-hydrogen) atoms. The average Bonchev–Trinajstić information content (AvgIpc) is 3.36. The third-order valence-electron chi connectivity index (χ3n) is 5.92. The maximum Gasteiger partial charge on any atom is 0.143 e. The summed E-state index contributed by atoms with van der Waals surface area (Å²) in [6.07, 6.45) is 2.21. The van der Waals surface area contributed by atoms with Gasteiger partial charge in [-0.05, 0) is 12.0 Å². The maximum absolute atomic E-state index is 5.67. The Kier molecular flexibility index (Phi) is 4.52. The number of nitrogens with zero attached hydrogens (tertiary/aromatic N) is 3. The van der Waals surface area contributed by atoms with E-state index in [2.05, 4.69) is 69.6 Å². The number of likely N-dealkylation sites (tertiary alicyclic amines) is 1. The lowest BCUT2D eigenvalue weighted by molar-refractivity contribution is 0.167. The summed E-state index contributed by atoms with van der Waals surface area (Å²) in [7, 11) is 0. The van der Waals surface area contributed by atoms with Gasteiger partial charge >= 0.3 is 0 Å². The Balaban J connectivity index is 1.28. The third-order valence-corrected chi connectivity index (χ3v) is 5.92. The van der Waals surface area contributed by atoms with E-state index in [9.17, 15) is 0 Å². The molecule has 4 heteroatoms. The largest absolute Gasteiger partial charge is 0.360 e. The molecule has 0 aliphatic carbocycles. The first kappa shape index (κ1) is 16.7. The molecule has 3 aromatic rings. The van der Waals surface area contributed by atoms with Crippen LogP contribution in [-0.2, 0) is 19.5 Å². The Morgan fingerprint density at radius 3 is 2.56 bits per heavy atom. The zero-order chi connectivity index (χ0) is 18.1. The van der Waals surface area contributed by atoms with Gasteiger partial charge in [-0.15, -0.1) is 0 Å². The van der Waals surface area contributed by atoms with Crippen LogP contribution < -0.4 is 0 Å². The molecule has 2 aliphatic rings. The van der Waals surface area contributed by atoms with E-state index in [0.29, 0.717) is 6.04 Å². The van der Waals surface area contributed by atoms with Gasteiger partial charge in [0.05, 0.1) is 0 Å². The second-order valence-corrected chi connectivity index (χ2v) is 7.68. The third kappa shape index (κ3) is 3.43. The van der Waals surface area contributed by atoms with Crippen molar-refractivity contribution in [1.82, 2.24) is 15.0 Å². The second kappa shape index (κ2) is 7.29. The summed E-state index contributed by atoms with van der Waals surface area (Å²) < 4.78 is 5.67. The van der Waals surface area contributed by atoms with Gasteiger partial charge in [0, 0.05) is 56.3 Å². The van der Waals surface area contributed by atoms with Crippen molar-refractivity contribution in [3.05, 3.63) is 77.6 Å². The number of rotatable bonds is 4. The van der Waals surface area contributed by atoms with Crippen molar-refractivity contribution in [3.8, 4) is 11.3 Å². The molecular formula is C23H25N3O. The molecule has 0 radical (unpaired) electrons. The molecule has 4 nitrogen and oxygen atoms in total. The Morgan fingerprint density at radius 2 is 1.74 bits per heavy atom. The fraction of sp³-hybridized carbons (Fsp3) is 0.348. The van der Waals surface area contributed by atoms with E-state index >= 15 is 0 Å². The van der Waals surface area contributed by atoms with Gasteiger partial charge in [-0.3, -0.25) is 9.80 Å². The summed E-state index contributed by atoms with van der Waals surface area (Å²) in [6.45, 7) is 5.40. The van der Waals surface area contributed by atoms with Gasteiger partial charge in [0.15, 0.2) is 0 Å². The normalized spacial score (nSPS) is 20.7. The minimum atomic E-state index is 0.625. The molecule has 0 amide bonds. The van der Waals surface area contributed by atoms with Crippen molar-refractivity contribution in [1.29, 1.82) is 0 Å². The summed E-state index contributed by atoms with van der Waals surface area (Å²) in [4.78, 5) is 5.22. The Morgan fingerprint density at radius 1 is 0.963 bits per heavy atom. The molecule has 1 saturated heterocycles. The van der Waals surface area contributed by atoms with Gasteiger partial charge in [-0.25, -0.2) is 0 Å². The highest BCUT2D eigenvalue weighted by molar-refractivity contribution is 5.63. The number of fused-ring (bicyclic) bond motifs is 1. The topological polar surface area (TPSA) is 32.5 Å². The molecule has 1 aromatic heterocycles. The zero-order valence-corrected chi connectivity index (χ0v) is 15.6. The second-order valence-electron chi connectivity index (χ2n) is 7.68. The van der Waals surface area contributed by atoms with Gasteiger partial charge in [-0.2, -0.15) is 0 Å². The van der Waals surface area contributed by atoms with Crippen LogP contribution in [0, 0.1) is 0 Å². The number of aromatic nitrogens is 1. The lowest BCUT2D eigenvalue weighted by Crippen LogP contribution is -2.40. The summed E-state index contributed by atoms with van der Waals surface area (Å²) in [5.41, 5.74) is 4.87. The van der Waals surface area contributed by atoms with E-state index in [1.165, 1.54) is 24.1 Å². The molecule has 138 valence electrons. The SMILES string of the molecule is c1ccc(CN2CCC(N3CCc4onc(-c5ccccc5)c4C3)C2)cc1. The van der Waals surface area contributed by atoms with Crippen molar-refractivity contribution in [2.45, 2.75) is 32.0 Å². The number of benzene rings is 2. The first-order valence-electron chi connectivity index (χ1n) is 9.90. The highest BCUT2D eigenvalue weighted by atomic mass is 16.5. The molecule has 1 atom stereocenters. The van der Waals surface area contributed by atoms with Crippen LogP contribution in [0.5, 0.6) is 0 Å². The van der Waals surface area contributed by atoms with Crippen molar-refractivity contribution in [2.75, 3.05) is 19.6 Å². The molecule has 0 saturated carbocycles. The van der Waals surface area contributed by atoms with E-state index in [1.54, 1.807) is 0 Å². The first-order valence-corrected chi connectivity index (χ1v) is 9.90.